The quantitative estimate of drug-likeness (QED) is 0.323. The summed E-state index contributed by atoms with van der Waals surface area (Å²) in [5.74, 6) is -2.08. The Balaban J connectivity index is 1.67. The molecule has 0 unspecified atom stereocenters. The van der Waals surface area contributed by atoms with Crippen LogP contribution in [0.5, 0.6) is 0 Å². The van der Waals surface area contributed by atoms with E-state index in [0.717, 1.165) is 0 Å². The molecular formula is C17H18N2O7. The van der Waals surface area contributed by atoms with Crippen molar-refractivity contribution in [3.8, 4) is 0 Å². The molecule has 1 aromatic carbocycles. The number of hydrogen-bond acceptors (Lipinski definition) is 7. The normalized spacial score (nSPS) is 23.8. The highest BCUT2D eigenvalue weighted by Gasteiger charge is 2.57. The largest absolute Gasteiger partial charge is 0.466 e. The number of nitro benzene ring substituents is 1. The third-order valence-corrected chi connectivity index (χ3v) is 4.66. The highest BCUT2D eigenvalue weighted by molar-refractivity contribution is 5.94. The summed E-state index contributed by atoms with van der Waals surface area (Å²) in [7, 11) is 0. The second-order valence-corrected chi connectivity index (χ2v) is 6.23. The Morgan fingerprint density at radius 2 is 1.92 bits per heavy atom. The van der Waals surface area contributed by atoms with Crippen LogP contribution < -0.4 is 0 Å². The number of amides is 1. The van der Waals surface area contributed by atoms with Gasteiger partial charge in [-0.05, 0) is 31.0 Å². The minimum Gasteiger partial charge on any atom is -0.466 e. The number of benzene rings is 1. The number of carbonyl (C=O) groups is 3. The molecular weight excluding hydrogens is 344 g/mol. The van der Waals surface area contributed by atoms with E-state index in [4.69, 9.17) is 9.47 Å². The maximum atomic E-state index is 12.5. The van der Waals surface area contributed by atoms with Gasteiger partial charge in [-0.2, -0.15) is 0 Å². The molecule has 3 rings (SSSR count). The van der Waals surface area contributed by atoms with E-state index in [-0.39, 0.29) is 30.9 Å². The van der Waals surface area contributed by atoms with Crippen molar-refractivity contribution < 1.29 is 28.8 Å². The molecule has 0 N–H and O–H groups in total. The van der Waals surface area contributed by atoms with Crippen LogP contribution in [-0.4, -0.2) is 46.4 Å². The van der Waals surface area contributed by atoms with Gasteiger partial charge in [0.25, 0.3) is 5.69 Å². The van der Waals surface area contributed by atoms with Crippen LogP contribution in [0.2, 0.25) is 0 Å². The number of nitro groups is 1. The monoisotopic (exact) mass is 362 g/mol. The molecule has 0 aromatic heterocycles. The molecule has 0 radical (unpaired) electrons. The van der Waals surface area contributed by atoms with E-state index in [9.17, 15) is 24.5 Å². The van der Waals surface area contributed by atoms with E-state index < -0.39 is 28.8 Å². The minimum absolute atomic E-state index is 0.0627. The molecule has 26 heavy (non-hydrogen) atoms. The Hall–Kier alpha value is -2.97. The molecule has 1 amide bonds. The third-order valence-electron chi connectivity index (χ3n) is 4.66. The molecule has 9 nitrogen and oxygen atoms in total. The number of rotatable bonds is 6. The first-order valence-corrected chi connectivity index (χ1v) is 8.30. The van der Waals surface area contributed by atoms with E-state index in [0.29, 0.717) is 18.4 Å². The number of esters is 2. The number of β-lactam (4-membered cyclic amide) rings is 1. The Kier molecular flexibility index (Phi) is 4.88. The standard InChI is InChI=1S/C17H18N2O7/c1-2-25-16(21)13-7-12-8-14(20)18(12)15(13)17(22)26-9-10-3-5-11(6-4-10)19(23)24/h3-6,12-13,15H,2,7-9H2,1H3/t12-,13-,15-/m1/s1. The van der Waals surface area contributed by atoms with Crippen molar-refractivity contribution in [3.05, 3.63) is 39.9 Å². The first-order chi connectivity index (χ1) is 12.4. The average Bonchev–Trinajstić information content (AvgIpc) is 2.93. The van der Waals surface area contributed by atoms with Gasteiger partial charge in [-0.1, -0.05) is 0 Å². The Morgan fingerprint density at radius 1 is 1.23 bits per heavy atom. The molecule has 138 valence electrons. The lowest BCUT2D eigenvalue weighted by Crippen LogP contribution is -2.55. The van der Waals surface area contributed by atoms with Gasteiger partial charge in [-0.15, -0.1) is 0 Å². The second kappa shape index (κ2) is 7.11. The van der Waals surface area contributed by atoms with E-state index in [1.54, 1.807) is 6.92 Å². The maximum absolute atomic E-state index is 12.5. The number of ether oxygens (including phenoxy) is 2. The van der Waals surface area contributed by atoms with Crippen molar-refractivity contribution >= 4 is 23.5 Å². The van der Waals surface area contributed by atoms with E-state index in [1.165, 1.54) is 29.2 Å². The van der Waals surface area contributed by atoms with Gasteiger partial charge in [-0.25, -0.2) is 4.79 Å². The molecule has 2 fully saturated rings. The molecule has 2 heterocycles. The van der Waals surface area contributed by atoms with Crippen molar-refractivity contribution in [1.29, 1.82) is 0 Å². The summed E-state index contributed by atoms with van der Waals surface area (Å²) in [6, 6.07) is 4.50. The van der Waals surface area contributed by atoms with Gasteiger partial charge in [-0.3, -0.25) is 19.7 Å². The van der Waals surface area contributed by atoms with Gasteiger partial charge in [0.15, 0.2) is 0 Å². The summed E-state index contributed by atoms with van der Waals surface area (Å²) in [6.07, 6.45) is 0.712. The van der Waals surface area contributed by atoms with E-state index >= 15 is 0 Å². The van der Waals surface area contributed by atoms with Crippen LogP contribution in [0.1, 0.15) is 25.3 Å². The zero-order chi connectivity index (χ0) is 18.8. The Labute approximate surface area is 149 Å². The fourth-order valence-electron chi connectivity index (χ4n) is 3.40. The predicted molar refractivity (Wildman–Crippen MR) is 86.7 cm³/mol. The van der Waals surface area contributed by atoms with Gasteiger partial charge in [0.05, 0.1) is 17.4 Å². The molecule has 1 aromatic rings. The lowest BCUT2D eigenvalue weighted by molar-refractivity contribution is -0.384. The van der Waals surface area contributed by atoms with Gasteiger partial charge in [0.1, 0.15) is 12.6 Å². The smallest absolute Gasteiger partial charge is 0.330 e. The van der Waals surface area contributed by atoms with Crippen LogP contribution in [0.25, 0.3) is 0 Å². The van der Waals surface area contributed by atoms with Gasteiger partial charge in [0.2, 0.25) is 5.91 Å². The topological polar surface area (TPSA) is 116 Å². The number of fused-ring (bicyclic) bond motifs is 1. The molecule has 2 aliphatic rings. The summed E-state index contributed by atoms with van der Waals surface area (Å²) in [6.45, 7) is 1.77. The zero-order valence-electron chi connectivity index (χ0n) is 14.1. The van der Waals surface area contributed by atoms with Crippen LogP contribution in [0.3, 0.4) is 0 Å². The molecule has 3 atom stereocenters. The number of carbonyl (C=O) groups excluding carboxylic acids is 3. The van der Waals surface area contributed by atoms with Crippen LogP contribution in [0.15, 0.2) is 24.3 Å². The predicted octanol–water partition coefficient (Wildman–Crippen LogP) is 1.19. The lowest BCUT2D eigenvalue weighted by atomic mass is 9.98. The average molecular weight is 362 g/mol. The lowest BCUT2D eigenvalue weighted by Gasteiger charge is -2.37. The molecule has 0 saturated carbocycles. The molecule has 0 aliphatic carbocycles. The Bertz CT molecular complexity index is 746. The van der Waals surface area contributed by atoms with Crippen molar-refractivity contribution in [2.45, 2.75) is 38.5 Å². The van der Waals surface area contributed by atoms with Gasteiger partial charge in [0, 0.05) is 24.6 Å². The van der Waals surface area contributed by atoms with Crippen molar-refractivity contribution in [2.24, 2.45) is 5.92 Å². The summed E-state index contributed by atoms with van der Waals surface area (Å²) >= 11 is 0. The minimum atomic E-state index is -0.974. The summed E-state index contributed by atoms with van der Waals surface area (Å²) < 4.78 is 10.3. The summed E-state index contributed by atoms with van der Waals surface area (Å²) in [5, 5.41) is 10.6. The van der Waals surface area contributed by atoms with Crippen molar-refractivity contribution in [1.82, 2.24) is 4.90 Å². The highest BCUT2D eigenvalue weighted by Crippen LogP contribution is 2.40. The number of hydrogen-bond donors (Lipinski definition) is 0. The first-order valence-electron chi connectivity index (χ1n) is 8.30. The first kappa shape index (κ1) is 17.8. The molecule has 2 saturated heterocycles. The Morgan fingerprint density at radius 3 is 2.50 bits per heavy atom. The highest BCUT2D eigenvalue weighted by atomic mass is 16.6. The van der Waals surface area contributed by atoms with Gasteiger partial charge >= 0.3 is 11.9 Å². The molecule has 0 bridgehead atoms. The zero-order valence-corrected chi connectivity index (χ0v) is 14.1. The van der Waals surface area contributed by atoms with Crippen LogP contribution in [0.4, 0.5) is 5.69 Å². The van der Waals surface area contributed by atoms with Crippen molar-refractivity contribution in [2.75, 3.05) is 6.61 Å². The fourth-order valence-corrected chi connectivity index (χ4v) is 3.40. The summed E-state index contributed by atoms with van der Waals surface area (Å²) in [4.78, 5) is 48.0. The third kappa shape index (κ3) is 3.24. The van der Waals surface area contributed by atoms with Crippen LogP contribution >= 0.6 is 0 Å². The molecule has 2 aliphatic heterocycles. The SMILES string of the molecule is CCOC(=O)[C@@H]1C[C@@H]2CC(=O)N2[C@H]1C(=O)OCc1ccc([N+](=O)[O-])cc1. The maximum Gasteiger partial charge on any atom is 0.330 e. The van der Waals surface area contributed by atoms with E-state index in [2.05, 4.69) is 0 Å². The number of nitrogens with zero attached hydrogens (tertiary/aromatic N) is 2. The van der Waals surface area contributed by atoms with Gasteiger partial charge < -0.3 is 14.4 Å². The van der Waals surface area contributed by atoms with Crippen LogP contribution in [-0.2, 0) is 30.5 Å². The molecule has 0 spiro atoms. The molecule has 9 heteroatoms. The van der Waals surface area contributed by atoms with E-state index in [1.807, 2.05) is 0 Å². The second-order valence-electron chi connectivity index (χ2n) is 6.23. The summed E-state index contributed by atoms with van der Waals surface area (Å²) in [5.41, 5.74) is 0.508. The fraction of sp³-hybridized carbons (Fsp3) is 0.471. The van der Waals surface area contributed by atoms with Crippen LogP contribution in [0, 0.1) is 16.0 Å². The number of non-ortho nitro benzene ring substituents is 1. The van der Waals surface area contributed by atoms with Crippen molar-refractivity contribution in [3.63, 3.8) is 0 Å².